The summed E-state index contributed by atoms with van der Waals surface area (Å²) >= 11 is 1.73. The molecule has 0 amide bonds. The van der Waals surface area contributed by atoms with Crippen LogP contribution in [-0.2, 0) is 12.8 Å². The molecule has 108 valence electrons. The fraction of sp³-hybridized carbons (Fsp3) is 0.714. The molecule has 1 aromatic heterocycles. The first kappa shape index (κ1) is 14.9. The summed E-state index contributed by atoms with van der Waals surface area (Å²) in [6.45, 7) is 2.10. The second-order valence-electron chi connectivity index (χ2n) is 5.58. The van der Waals surface area contributed by atoms with E-state index in [9.17, 15) is 13.2 Å². The molecule has 1 aliphatic carbocycles. The van der Waals surface area contributed by atoms with Gasteiger partial charge in [-0.15, -0.1) is 11.3 Å². The van der Waals surface area contributed by atoms with Gasteiger partial charge in [-0.3, -0.25) is 0 Å². The maximum Gasteiger partial charge on any atom is 0.391 e. The third-order valence-electron chi connectivity index (χ3n) is 4.04. The minimum atomic E-state index is -4.06. The van der Waals surface area contributed by atoms with Crippen LogP contribution in [0, 0.1) is 5.92 Å². The molecule has 0 aliphatic heterocycles. The van der Waals surface area contributed by atoms with Crippen molar-refractivity contribution in [2.45, 2.75) is 57.2 Å². The van der Waals surface area contributed by atoms with Crippen molar-refractivity contribution < 1.29 is 13.2 Å². The van der Waals surface area contributed by atoms with E-state index in [0.717, 1.165) is 6.42 Å². The zero-order chi connectivity index (χ0) is 14.1. The maximum atomic E-state index is 12.6. The van der Waals surface area contributed by atoms with Crippen LogP contribution in [0.25, 0.3) is 0 Å². The van der Waals surface area contributed by atoms with Gasteiger partial charge in [0, 0.05) is 15.3 Å². The Morgan fingerprint density at radius 1 is 1.26 bits per heavy atom. The van der Waals surface area contributed by atoms with Crippen molar-refractivity contribution >= 4 is 11.3 Å². The molecule has 1 heterocycles. The van der Waals surface area contributed by atoms with Gasteiger partial charge >= 0.3 is 6.18 Å². The molecule has 0 aromatic carbocycles. The van der Waals surface area contributed by atoms with Gasteiger partial charge in [0.25, 0.3) is 0 Å². The molecule has 0 atom stereocenters. The van der Waals surface area contributed by atoms with Gasteiger partial charge in [-0.1, -0.05) is 6.92 Å². The first-order valence-electron chi connectivity index (χ1n) is 6.75. The number of hydrogen-bond acceptors (Lipinski definition) is 2. The zero-order valence-corrected chi connectivity index (χ0v) is 11.9. The number of aryl methyl sites for hydroxylation is 1. The third kappa shape index (κ3) is 3.72. The minimum Gasteiger partial charge on any atom is -0.325 e. The van der Waals surface area contributed by atoms with Gasteiger partial charge in [0.2, 0.25) is 0 Å². The average Bonchev–Trinajstić information content (AvgIpc) is 2.75. The minimum absolute atomic E-state index is 0.173. The lowest BCUT2D eigenvalue weighted by atomic mass is 9.75. The molecule has 0 radical (unpaired) electrons. The normalized spacial score (nSPS) is 28.6. The van der Waals surface area contributed by atoms with Crippen LogP contribution in [0.5, 0.6) is 0 Å². The first-order chi connectivity index (χ1) is 8.82. The van der Waals surface area contributed by atoms with Crippen molar-refractivity contribution in [3.8, 4) is 0 Å². The van der Waals surface area contributed by atoms with E-state index in [4.69, 9.17) is 5.73 Å². The zero-order valence-electron chi connectivity index (χ0n) is 11.1. The van der Waals surface area contributed by atoms with Crippen LogP contribution in [0.3, 0.4) is 0 Å². The van der Waals surface area contributed by atoms with E-state index in [1.54, 1.807) is 11.3 Å². The summed E-state index contributed by atoms with van der Waals surface area (Å²) in [7, 11) is 0. The third-order valence-corrected chi connectivity index (χ3v) is 5.27. The number of hydrogen-bond donors (Lipinski definition) is 1. The van der Waals surface area contributed by atoms with Crippen LogP contribution in [0.4, 0.5) is 13.2 Å². The molecule has 1 aromatic rings. The van der Waals surface area contributed by atoms with Crippen LogP contribution in [0.1, 0.15) is 42.4 Å². The number of nitrogens with two attached hydrogens (primary N) is 1. The van der Waals surface area contributed by atoms with Gasteiger partial charge in [-0.2, -0.15) is 13.2 Å². The standard InChI is InChI=1S/C14H20F3NS/c1-2-11-3-4-12(19-11)9-13(18)7-5-10(6-8-13)14(15,16)17/h3-4,10H,2,5-9,18H2,1H3. The first-order valence-corrected chi connectivity index (χ1v) is 7.57. The van der Waals surface area contributed by atoms with E-state index in [1.807, 2.05) is 0 Å². The molecule has 0 saturated heterocycles. The molecule has 0 spiro atoms. The van der Waals surface area contributed by atoms with E-state index in [0.29, 0.717) is 19.3 Å². The molecule has 1 fully saturated rings. The Morgan fingerprint density at radius 3 is 2.32 bits per heavy atom. The molecular formula is C14H20F3NS. The topological polar surface area (TPSA) is 26.0 Å². The van der Waals surface area contributed by atoms with Crippen molar-refractivity contribution in [1.29, 1.82) is 0 Å². The van der Waals surface area contributed by atoms with Crippen LogP contribution >= 0.6 is 11.3 Å². The molecule has 1 aliphatic rings. The fourth-order valence-corrected chi connectivity index (χ4v) is 3.86. The number of thiophene rings is 1. The van der Waals surface area contributed by atoms with Crippen LogP contribution < -0.4 is 5.73 Å². The number of halogens is 3. The molecule has 2 rings (SSSR count). The summed E-state index contributed by atoms with van der Waals surface area (Å²) in [5.74, 6) is -1.15. The van der Waals surface area contributed by atoms with Crippen LogP contribution in [0.2, 0.25) is 0 Å². The monoisotopic (exact) mass is 291 g/mol. The summed E-state index contributed by atoms with van der Waals surface area (Å²) in [6.07, 6.45) is -1.06. The lowest BCUT2D eigenvalue weighted by Gasteiger charge is -2.37. The summed E-state index contributed by atoms with van der Waals surface area (Å²) in [5, 5.41) is 0. The van der Waals surface area contributed by atoms with Gasteiger partial charge in [-0.25, -0.2) is 0 Å². The Balaban J connectivity index is 1.94. The molecule has 5 heteroatoms. The Bertz CT molecular complexity index is 417. The Hall–Kier alpha value is -0.550. The Morgan fingerprint density at radius 2 is 1.84 bits per heavy atom. The molecule has 0 unspecified atom stereocenters. The molecule has 1 nitrogen and oxygen atoms in total. The maximum absolute atomic E-state index is 12.6. The van der Waals surface area contributed by atoms with Gasteiger partial charge in [0.15, 0.2) is 0 Å². The Kier molecular flexibility index (Phi) is 4.26. The van der Waals surface area contributed by atoms with Gasteiger partial charge in [-0.05, 0) is 50.7 Å². The van der Waals surface area contributed by atoms with Crippen molar-refractivity contribution in [3.05, 3.63) is 21.9 Å². The van der Waals surface area contributed by atoms with E-state index in [-0.39, 0.29) is 12.8 Å². The highest BCUT2D eigenvalue weighted by Crippen LogP contribution is 2.41. The number of alkyl halides is 3. The van der Waals surface area contributed by atoms with E-state index in [2.05, 4.69) is 19.1 Å². The largest absolute Gasteiger partial charge is 0.391 e. The van der Waals surface area contributed by atoms with E-state index >= 15 is 0 Å². The Labute approximate surface area is 116 Å². The molecule has 2 N–H and O–H groups in total. The summed E-state index contributed by atoms with van der Waals surface area (Å²) in [5.41, 5.74) is 5.84. The van der Waals surface area contributed by atoms with Crippen molar-refractivity contribution in [1.82, 2.24) is 0 Å². The highest BCUT2D eigenvalue weighted by atomic mass is 32.1. The predicted molar refractivity (Wildman–Crippen MR) is 72.3 cm³/mol. The predicted octanol–water partition coefficient (Wildman–Crippen LogP) is 4.30. The summed E-state index contributed by atoms with van der Waals surface area (Å²) in [4.78, 5) is 2.51. The molecule has 1 saturated carbocycles. The smallest absolute Gasteiger partial charge is 0.325 e. The van der Waals surface area contributed by atoms with Crippen molar-refractivity contribution in [2.75, 3.05) is 0 Å². The second-order valence-corrected chi connectivity index (χ2v) is 6.83. The van der Waals surface area contributed by atoms with E-state index < -0.39 is 17.6 Å². The van der Waals surface area contributed by atoms with Crippen LogP contribution in [-0.4, -0.2) is 11.7 Å². The molecule has 0 bridgehead atoms. The lowest BCUT2D eigenvalue weighted by Crippen LogP contribution is -2.47. The second kappa shape index (κ2) is 5.44. The van der Waals surface area contributed by atoms with Gasteiger partial charge < -0.3 is 5.73 Å². The fourth-order valence-electron chi connectivity index (χ4n) is 2.75. The van der Waals surface area contributed by atoms with Gasteiger partial charge in [0.1, 0.15) is 0 Å². The van der Waals surface area contributed by atoms with E-state index in [1.165, 1.54) is 9.75 Å². The average molecular weight is 291 g/mol. The highest BCUT2D eigenvalue weighted by Gasteiger charge is 2.44. The summed E-state index contributed by atoms with van der Waals surface area (Å²) < 4.78 is 37.9. The quantitative estimate of drug-likeness (QED) is 0.882. The van der Waals surface area contributed by atoms with Crippen molar-refractivity contribution in [3.63, 3.8) is 0 Å². The summed E-state index contributed by atoms with van der Waals surface area (Å²) in [6, 6.07) is 4.15. The van der Waals surface area contributed by atoms with Crippen LogP contribution in [0.15, 0.2) is 12.1 Å². The van der Waals surface area contributed by atoms with Crippen molar-refractivity contribution in [2.24, 2.45) is 11.7 Å². The lowest BCUT2D eigenvalue weighted by molar-refractivity contribution is -0.184. The molecule has 19 heavy (non-hydrogen) atoms. The number of rotatable bonds is 3. The van der Waals surface area contributed by atoms with Gasteiger partial charge in [0.05, 0.1) is 5.92 Å². The SMILES string of the molecule is CCc1ccc(CC2(N)CCC(C(F)(F)F)CC2)s1. The highest BCUT2D eigenvalue weighted by molar-refractivity contribution is 7.12. The molecular weight excluding hydrogens is 271 g/mol.